The maximum absolute atomic E-state index is 13.1. The van der Waals surface area contributed by atoms with E-state index in [9.17, 15) is 19.1 Å². The van der Waals surface area contributed by atoms with Gasteiger partial charge in [0, 0.05) is 4.47 Å². The van der Waals surface area contributed by atoms with Crippen LogP contribution in [0.3, 0.4) is 0 Å². The molecule has 2 aromatic rings. The molecule has 2 rings (SSSR count). The van der Waals surface area contributed by atoms with Crippen molar-refractivity contribution in [1.82, 2.24) is 9.55 Å². The van der Waals surface area contributed by atoms with E-state index in [0.29, 0.717) is 4.47 Å². The van der Waals surface area contributed by atoms with Crippen LogP contribution in [0.2, 0.25) is 0 Å². The Kier molecular flexibility index (Phi) is 2.84. The van der Waals surface area contributed by atoms with E-state index < -0.39 is 22.9 Å². The van der Waals surface area contributed by atoms with Crippen molar-refractivity contribution >= 4 is 15.9 Å². The SMILES string of the molecule is O=c1cc(O)n(-c2cc(F)ccc2Br)c(=O)[nH]1. The molecule has 0 saturated carbocycles. The molecule has 0 radical (unpaired) electrons. The van der Waals surface area contributed by atoms with Gasteiger partial charge in [-0.1, -0.05) is 0 Å². The summed E-state index contributed by atoms with van der Waals surface area (Å²) < 4.78 is 14.3. The average Bonchev–Trinajstić information content (AvgIpc) is 2.21. The summed E-state index contributed by atoms with van der Waals surface area (Å²) in [6, 6.07) is 4.48. The third-order valence-electron chi connectivity index (χ3n) is 2.07. The van der Waals surface area contributed by atoms with Crippen LogP contribution in [0.25, 0.3) is 5.69 Å². The first kappa shape index (κ1) is 11.6. The normalized spacial score (nSPS) is 10.5. The molecule has 1 aromatic carbocycles. The van der Waals surface area contributed by atoms with E-state index in [-0.39, 0.29) is 5.69 Å². The zero-order chi connectivity index (χ0) is 12.6. The molecule has 0 spiro atoms. The molecule has 0 aliphatic carbocycles. The number of hydrogen-bond acceptors (Lipinski definition) is 3. The molecular weight excluding hydrogens is 295 g/mol. The van der Waals surface area contributed by atoms with Crippen LogP contribution in [-0.2, 0) is 0 Å². The van der Waals surface area contributed by atoms with Crippen molar-refractivity contribution in [3.63, 3.8) is 0 Å². The number of aromatic nitrogens is 2. The summed E-state index contributed by atoms with van der Waals surface area (Å²) in [6.45, 7) is 0. The van der Waals surface area contributed by atoms with Crippen molar-refractivity contribution in [2.45, 2.75) is 0 Å². The molecule has 0 saturated heterocycles. The molecule has 17 heavy (non-hydrogen) atoms. The highest BCUT2D eigenvalue weighted by Gasteiger charge is 2.11. The third kappa shape index (κ3) is 2.14. The predicted octanol–water partition coefficient (Wildman–Crippen LogP) is 1.13. The number of aromatic hydroxyl groups is 1. The predicted molar refractivity (Wildman–Crippen MR) is 62.0 cm³/mol. The summed E-state index contributed by atoms with van der Waals surface area (Å²) in [6.07, 6.45) is 0. The number of halogens is 2. The minimum Gasteiger partial charge on any atom is -0.494 e. The maximum atomic E-state index is 13.1. The molecule has 1 aromatic heterocycles. The van der Waals surface area contributed by atoms with Crippen LogP contribution in [0.5, 0.6) is 5.88 Å². The summed E-state index contributed by atoms with van der Waals surface area (Å²) in [4.78, 5) is 24.4. The lowest BCUT2D eigenvalue weighted by atomic mass is 10.3. The minimum atomic E-state index is -0.846. The number of H-pyrrole nitrogens is 1. The highest BCUT2D eigenvalue weighted by molar-refractivity contribution is 9.10. The van der Waals surface area contributed by atoms with Crippen molar-refractivity contribution in [3.05, 3.63) is 55.4 Å². The van der Waals surface area contributed by atoms with Crippen LogP contribution >= 0.6 is 15.9 Å². The van der Waals surface area contributed by atoms with Crippen LogP contribution < -0.4 is 11.2 Å². The molecule has 0 fully saturated rings. The van der Waals surface area contributed by atoms with Gasteiger partial charge in [0.2, 0.25) is 5.88 Å². The van der Waals surface area contributed by atoms with Crippen LogP contribution in [0, 0.1) is 5.82 Å². The Morgan fingerprint density at radius 2 is 2.00 bits per heavy atom. The van der Waals surface area contributed by atoms with Gasteiger partial charge in [-0.3, -0.25) is 9.78 Å². The van der Waals surface area contributed by atoms with Crippen LogP contribution in [0.1, 0.15) is 0 Å². The number of rotatable bonds is 1. The second-order valence-electron chi connectivity index (χ2n) is 3.23. The molecular formula is C10H6BrFN2O3. The summed E-state index contributed by atoms with van der Waals surface area (Å²) >= 11 is 3.12. The van der Waals surface area contributed by atoms with Gasteiger partial charge in [-0.25, -0.2) is 13.8 Å². The van der Waals surface area contributed by atoms with Crippen LogP contribution in [0.4, 0.5) is 4.39 Å². The number of nitrogens with zero attached hydrogens (tertiary/aromatic N) is 1. The lowest BCUT2D eigenvalue weighted by molar-refractivity contribution is 0.430. The lowest BCUT2D eigenvalue weighted by Crippen LogP contribution is -2.28. The van der Waals surface area contributed by atoms with Gasteiger partial charge in [-0.2, -0.15) is 0 Å². The molecule has 7 heteroatoms. The van der Waals surface area contributed by atoms with E-state index in [0.717, 1.165) is 16.7 Å². The molecule has 0 bridgehead atoms. The standard InChI is InChI=1S/C10H6BrFN2O3/c11-6-2-1-5(12)3-7(6)14-9(16)4-8(15)13-10(14)17/h1-4,16H,(H,13,15,17). The summed E-state index contributed by atoms with van der Waals surface area (Å²) in [7, 11) is 0. The summed E-state index contributed by atoms with van der Waals surface area (Å²) in [5, 5.41) is 9.54. The van der Waals surface area contributed by atoms with E-state index in [1.807, 2.05) is 4.98 Å². The van der Waals surface area contributed by atoms with Gasteiger partial charge in [-0.05, 0) is 34.1 Å². The molecule has 0 aliphatic heterocycles. The largest absolute Gasteiger partial charge is 0.494 e. The zero-order valence-corrected chi connectivity index (χ0v) is 9.86. The Hall–Kier alpha value is -1.89. The fourth-order valence-electron chi connectivity index (χ4n) is 1.37. The molecule has 2 N–H and O–H groups in total. The fourth-order valence-corrected chi connectivity index (χ4v) is 1.80. The summed E-state index contributed by atoms with van der Waals surface area (Å²) in [5.74, 6) is -1.13. The first-order valence-corrected chi connectivity index (χ1v) is 5.29. The third-order valence-corrected chi connectivity index (χ3v) is 2.74. The fraction of sp³-hybridized carbons (Fsp3) is 0. The van der Waals surface area contributed by atoms with Gasteiger partial charge >= 0.3 is 5.69 Å². The highest BCUT2D eigenvalue weighted by atomic mass is 79.9. The van der Waals surface area contributed by atoms with Gasteiger partial charge in [-0.15, -0.1) is 0 Å². The number of benzene rings is 1. The minimum absolute atomic E-state index is 0.101. The van der Waals surface area contributed by atoms with Crippen molar-refractivity contribution in [2.24, 2.45) is 0 Å². The first-order valence-electron chi connectivity index (χ1n) is 4.50. The van der Waals surface area contributed by atoms with E-state index >= 15 is 0 Å². The Bertz CT molecular complexity index is 693. The van der Waals surface area contributed by atoms with Crippen LogP contribution in [-0.4, -0.2) is 14.7 Å². The van der Waals surface area contributed by atoms with E-state index in [2.05, 4.69) is 15.9 Å². The molecule has 0 aliphatic rings. The summed E-state index contributed by atoms with van der Waals surface area (Å²) in [5.41, 5.74) is -1.47. The number of hydrogen-bond donors (Lipinski definition) is 2. The molecule has 1 heterocycles. The molecule has 5 nitrogen and oxygen atoms in total. The number of nitrogens with one attached hydrogen (secondary N) is 1. The monoisotopic (exact) mass is 300 g/mol. The van der Waals surface area contributed by atoms with Crippen molar-refractivity contribution in [1.29, 1.82) is 0 Å². The average molecular weight is 301 g/mol. The molecule has 88 valence electrons. The number of aromatic amines is 1. The molecule has 0 atom stereocenters. The Balaban J connectivity index is 2.81. The maximum Gasteiger partial charge on any atom is 0.335 e. The van der Waals surface area contributed by atoms with Gasteiger partial charge in [0.15, 0.2) is 0 Å². The highest BCUT2D eigenvalue weighted by Crippen LogP contribution is 2.23. The zero-order valence-electron chi connectivity index (χ0n) is 8.28. The molecule has 0 unspecified atom stereocenters. The van der Waals surface area contributed by atoms with Gasteiger partial charge in [0.05, 0.1) is 11.8 Å². The Labute approximate surface area is 102 Å². The van der Waals surface area contributed by atoms with Gasteiger partial charge < -0.3 is 5.11 Å². The quantitative estimate of drug-likeness (QED) is 0.829. The second kappa shape index (κ2) is 4.17. The smallest absolute Gasteiger partial charge is 0.335 e. The van der Waals surface area contributed by atoms with E-state index in [1.54, 1.807) is 0 Å². The molecule has 0 amide bonds. The second-order valence-corrected chi connectivity index (χ2v) is 4.08. The van der Waals surface area contributed by atoms with Crippen LogP contribution in [0.15, 0.2) is 38.3 Å². The van der Waals surface area contributed by atoms with E-state index in [4.69, 9.17) is 0 Å². The Morgan fingerprint density at radius 3 is 2.65 bits per heavy atom. The first-order chi connectivity index (χ1) is 7.99. The lowest BCUT2D eigenvalue weighted by Gasteiger charge is -2.09. The van der Waals surface area contributed by atoms with Crippen molar-refractivity contribution in [3.8, 4) is 11.6 Å². The van der Waals surface area contributed by atoms with Gasteiger partial charge in [0.1, 0.15) is 5.82 Å². The topological polar surface area (TPSA) is 75.1 Å². The Morgan fingerprint density at radius 1 is 1.29 bits per heavy atom. The van der Waals surface area contributed by atoms with Crippen molar-refractivity contribution in [2.75, 3.05) is 0 Å². The van der Waals surface area contributed by atoms with Crippen molar-refractivity contribution < 1.29 is 9.50 Å². The van der Waals surface area contributed by atoms with Gasteiger partial charge in [0.25, 0.3) is 5.56 Å². The van der Waals surface area contributed by atoms with E-state index in [1.165, 1.54) is 12.1 Å².